The molecule has 13 nitrogen and oxygen atoms in total. The van der Waals surface area contributed by atoms with E-state index in [1.54, 1.807) is 30.1 Å². The summed E-state index contributed by atoms with van der Waals surface area (Å²) in [5.41, 5.74) is 2.51. The van der Waals surface area contributed by atoms with Gasteiger partial charge in [-0.05, 0) is 41.2 Å². The van der Waals surface area contributed by atoms with Gasteiger partial charge >= 0.3 is 5.97 Å². The van der Waals surface area contributed by atoms with Crippen LogP contribution in [0.15, 0.2) is 54.6 Å². The average molecular weight is 687 g/mol. The highest BCUT2D eigenvalue weighted by molar-refractivity contribution is 5.96. The number of rotatable bonds is 8. The first-order valence-corrected chi connectivity index (χ1v) is 17.4. The number of aliphatic hydroxyl groups is 1. The van der Waals surface area contributed by atoms with Gasteiger partial charge in [0.15, 0.2) is 11.8 Å². The number of fused-ring (bicyclic) bond motifs is 5. The summed E-state index contributed by atoms with van der Waals surface area (Å²) in [4.78, 5) is 64.2. The van der Waals surface area contributed by atoms with E-state index in [-0.39, 0.29) is 43.8 Å². The molecule has 2 N–H and O–H groups in total. The number of ether oxygens (including phenoxy) is 3. The number of hydrogen-bond donors (Lipinski definition) is 2. The Kier molecular flexibility index (Phi) is 8.30. The summed E-state index contributed by atoms with van der Waals surface area (Å²) in [7, 11) is 3.37. The Balaban J connectivity index is 1.13. The van der Waals surface area contributed by atoms with Crippen LogP contribution in [0.4, 0.5) is 0 Å². The fraction of sp³-hybridized carbons (Fsp3) is 0.514. The van der Waals surface area contributed by atoms with Gasteiger partial charge in [-0.1, -0.05) is 48.5 Å². The van der Waals surface area contributed by atoms with E-state index in [1.807, 2.05) is 36.4 Å². The Morgan fingerprint density at radius 2 is 1.76 bits per heavy atom. The van der Waals surface area contributed by atoms with Gasteiger partial charge in [0, 0.05) is 52.5 Å². The van der Waals surface area contributed by atoms with Crippen molar-refractivity contribution < 1.29 is 43.3 Å². The molecule has 0 radical (unpaired) electrons. The molecule has 2 aromatic carbocycles. The Hall–Kier alpha value is -4.14. The summed E-state index contributed by atoms with van der Waals surface area (Å²) in [5, 5.41) is 13.6. The van der Waals surface area contributed by atoms with E-state index in [0.29, 0.717) is 32.2 Å². The molecule has 5 fully saturated rings. The number of carbonyl (C=O) groups is 4. The number of amides is 3. The molecule has 4 saturated heterocycles. The normalized spacial score (nSPS) is 31.9. The predicted octanol–water partition coefficient (Wildman–Crippen LogP) is 0.967. The molecule has 2 bridgehead atoms. The van der Waals surface area contributed by atoms with Crippen LogP contribution in [0.2, 0.25) is 0 Å². The Bertz CT molecular complexity index is 1700. The number of nitrogens with zero attached hydrogens (tertiary/aromatic N) is 3. The van der Waals surface area contributed by atoms with Crippen molar-refractivity contribution in [2.75, 3.05) is 33.8 Å². The van der Waals surface area contributed by atoms with Crippen molar-refractivity contribution in [3.63, 3.8) is 0 Å². The molecule has 50 heavy (non-hydrogen) atoms. The maximum absolute atomic E-state index is 15.1. The number of likely N-dealkylation sites (N-methyl/N-ethyl adjacent to an activating group) is 1. The Morgan fingerprint density at radius 3 is 2.46 bits per heavy atom. The van der Waals surface area contributed by atoms with Crippen LogP contribution in [0.1, 0.15) is 41.5 Å². The van der Waals surface area contributed by atoms with Crippen molar-refractivity contribution in [1.29, 1.82) is 0 Å². The van der Waals surface area contributed by atoms with Gasteiger partial charge in [0.25, 0.3) is 0 Å². The molecule has 7 atom stereocenters. The van der Waals surface area contributed by atoms with Crippen LogP contribution in [0.5, 0.6) is 0 Å². The summed E-state index contributed by atoms with van der Waals surface area (Å²) in [5.74, 6) is -2.34. The quantitative estimate of drug-likeness (QED) is 0.304. The maximum atomic E-state index is 15.1. The molecule has 1 saturated carbocycles. The number of esters is 1. The number of nitrogens with one attached hydrogen (secondary N) is 1. The van der Waals surface area contributed by atoms with E-state index >= 15 is 4.79 Å². The average Bonchev–Trinajstić information content (AvgIpc) is 3.89. The third-order valence-electron chi connectivity index (χ3n) is 11.1. The lowest BCUT2D eigenvalue weighted by Crippen LogP contribution is -2.70. The highest BCUT2D eigenvalue weighted by atomic mass is 16.8. The second-order valence-corrected chi connectivity index (χ2v) is 14.4. The minimum atomic E-state index is -1.39. The van der Waals surface area contributed by atoms with E-state index in [2.05, 4.69) is 17.4 Å². The van der Waals surface area contributed by atoms with Crippen LogP contribution in [-0.2, 0) is 57.6 Å². The van der Waals surface area contributed by atoms with Gasteiger partial charge in [-0.2, -0.15) is 5.06 Å². The van der Waals surface area contributed by atoms with Crippen molar-refractivity contribution in [3.8, 4) is 0 Å². The molecule has 7 unspecified atom stereocenters. The molecule has 3 amide bonds. The first-order chi connectivity index (χ1) is 24.1. The third kappa shape index (κ3) is 5.34. The first-order valence-electron chi connectivity index (χ1n) is 17.4. The van der Waals surface area contributed by atoms with Crippen molar-refractivity contribution >= 4 is 29.8 Å². The Labute approximate surface area is 290 Å². The molecular weight excluding hydrogens is 644 g/mol. The molecule has 4 heterocycles. The minimum Gasteiger partial charge on any atom is -0.458 e. The summed E-state index contributed by atoms with van der Waals surface area (Å²) in [6, 6.07) is 13.8. The third-order valence-corrected chi connectivity index (χ3v) is 11.1. The number of aliphatic hydroxyl groups excluding tert-OH is 1. The van der Waals surface area contributed by atoms with E-state index < -0.39 is 53.7 Å². The van der Waals surface area contributed by atoms with E-state index in [9.17, 15) is 19.5 Å². The van der Waals surface area contributed by atoms with Gasteiger partial charge in [-0.25, -0.2) is 0 Å². The summed E-state index contributed by atoms with van der Waals surface area (Å²) in [6.07, 6.45) is 2.58. The highest BCUT2D eigenvalue weighted by Gasteiger charge is 2.77. The second-order valence-electron chi connectivity index (χ2n) is 14.4. The van der Waals surface area contributed by atoms with Gasteiger partial charge in [0.1, 0.15) is 35.9 Å². The Morgan fingerprint density at radius 1 is 1.04 bits per heavy atom. The maximum Gasteiger partial charge on any atom is 0.327 e. The molecule has 1 spiro atoms. The number of carbonyl (C=O) groups excluding carboxylic acids is 4. The molecule has 0 aromatic heterocycles. The van der Waals surface area contributed by atoms with E-state index in [1.165, 1.54) is 11.0 Å². The van der Waals surface area contributed by atoms with Crippen LogP contribution in [0.3, 0.4) is 0 Å². The highest BCUT2D eigenvalue weighted by Crippen LogP contribution is 2.59. The molecule has 2 aliphatic carbocycles. The number of likely N-dealkylation sites (tertiary alicyclic amines) is 1. The molecule has 8 rings (SSSR count). The van der Waals surface area contributed by atoms with Crippen LogP contribution in [-0.4, -0.2) is 120 Å². The van der Waals surface area contributed by atoms with Crippen LogP contribution < -0.4 is 5.32 Å². The minimum absolute atomic E-state index is 0.0823. The zero-order valence-electron chi connectivity index (χ0n) is 28.2. The summed E-state index contributed by atoms with van der Waals surface area (Å²) in [6.45, 7) is 0.395. The summed E-state index contributed by atoms with van der Waals surface area (Å²) >= 11 is 0. The second kappa shape index (κ2) is 12.6. The van der Waals surface area contributed by atoms with E-state index in [0.717, 1.165) is 22.3 Å². The number of benzene rings is 2. The monoisotopic (exact) mass is 686 g/mol. The van der Waals surface area contributed by atoms with Crippen LogP contribution in [0, 0.1) is 5.41 Å². The SMILES string of the molecule is CN(C)C(=O)C=Cc1ccc(CN2OC3C4OC5(Cc6ccccc6C5)OC4C4CC3(C(=O)N3CCCC3C(=O)NCCO)C2C(=O)O4)cc1. The lowest BCUT2D eigenvalue weighted by molar-refractivity contribution is -0.218. The lowest BCUT2D eigenvalue weighted by atomic mass is 9.62. The zero-order chi connectivity index (χ0) is 34.8. The number of hydroxylamine groups is 2. The van der Waals surface area contributed by atoms with Crippen molar-refractivity contribution in [2.24, 2.45) is 5.41 Å². The predicted molar refractivity (Wildman–Crippen MR) is 176 cm³/mol. The molecule has 6 aliphatic rings. The molecule has 2 aromatic rings. The first kappa shape index (κ1) is 33.0. The smallest absolute Gasteiger partial charge is 0.327 e. The molecule has 264 valence electrons. The molecule has 4 aliphatic heterocycles. The van der Waals surface area contributed by atoms with Crippen molar-refractivity contribution in [3.05, 3.63) is 76.9 Å². The van der Waals surface area contributed by atoms with Crippen LogP contribution >= 0.6 is 0 Å². The summed E-state index contributed by atoms with van der Waals surface area (Å²) < 4.78 is 19.7. The van der Waals surface area contributed by atoms with Gasteiger partial charge in [-0.3, -0.25) is 24.0 Å². The largest absolute Gasteiger partial charge is 0.458 e. The lowest BCUT2D eigenvalue weighted by Gasteiger charge is -2.50. The topological polar surface area (TPSA) is 147 Å². The van der Waals surface area contributed by atoms with Gasteiger partial charge in [0.05, 0.1) is 13.2 Å². The zero-order valence-corrected chi connectivity index (χ0v) is 28.2. The van der Waals surface area contributed by atoms with Crippen LogP contribution in [0.25, 0.3) is 6.08 Å². The number of hydrogen-bond acceptors (Lipinski definition) is 10. The van der Waals surface area contributed by atoms with Crippen molar-refractivity contribution in [1.82, 2.24) is 20.2 Å². The molecule has 13 heteroatoms. The van der Waals surface area contributed by atoms with Gasteiger partial charge in [0.2, 0.25) is 17.7 Å². The van der Waals surface area contributed by atoms with Crippen molar-refractivity contribution in [2.45, 2.75) is 80.9 Å². The standard InChI is InChI=1S/C37H42N4O9/c1-39(2)28(43)14-13-22-9-11-23(12-10-22)21-41-31-34(45)47-27-20-37(31,35(46)40-16-5-8-26(40)33(44)38-15-17-42)32(50-41)30-29(27)48-36(49-30)18-24-6-3-4-7-25(24)19-36/h3-4,6-7,9-14,26-27,29-32,42H,5,8,15-21H2,1-2H3,(H,38,44). The fourth-order valence-electron chi connectivity index (χ4n) is 8.82. The fourth-order valence-corrected chi connectivity index (χ4v) is 8.82. The van der Waals surface area contributed by atoms with E-state index in [4.69, 9.17) is 19.0 Å². The van der Waals surface area contributed by atoms with Gasteiger partial charge in [-0.15, -0.1) is 0 Å². The van der Waals surface area contributed by atoms with Gasteiger partial charge < -0.3 is 34.4 Å². The molecular formula is C37H42N4O9.